The molecule has 2 nitrogen and oxygen atoms in total. The third kappa shape index (κ3) is 3.99. The molecule has 1 aliphatic carbocycles. The molecule has 1 spiro atoms. The molecular weight excluding hydrogens is 621 g/mol. The van der Waals surface area contributed by atoms with Crippen LogP contribution in [0.2, 0.25) is 0 Å². The molecular formula is C49H30O2. The summed E-state index contributed by atoms with van der Waals surface area (Å²) in [7, 11) is 0. The van der Waals surface area contributed by atoms with E-state index in [0.717, 1.165) is 44.6 Å². The molecule has 9 aromatic rings. The van der Waals surface area contributed by atoms with E-state index < -0.39 is 5.41 Å². The van der Waals surface area contributed by atoms with E-state index >= 15 is 0 Å². The van der Waals surface area contributed by atoms with Crippen molar-refractivity contribution in [1.29, 1.82) is 0 Å². The molecule has 0 saturated carbocycles. The first-order valence-corrected chi connectivity index (χ1v) is 17.5. The van der Waals surface area contributed by atoms with Crippen molar-refractivity contribution in [3.8, 4) is 56.0 Å². The summed E-state index contributed by atoms with van der Waals surface area (Å²) in [4.78, 5) is 0. The van der Waals surface area contributed by atoms with E-state index in [1.54, 1.807) is 0 Å². The van der Waals surface area contributed by atoms with Crippen molar-refractivity contribution in [3.63, 3.8) is 0 Å². The van der Waals surface area contributed by atoms with Gasteiger partial charge in [0, 0.05) is 21.9 Å². The van der Waals surface area contributed by atoms with Crippen molar-refractivity contribution < 1.29 is 9.15 Å². The minimum atomic E-state index is -0.452. The molecule has 0 atom stereocenters. The highest BCUT2D eigenvalue weighted by molar-refractivity contribution is 6.12. The zero-order chi connectivity index (χ0) is 33.5. The van der Waals surface area contributed by atoms with Gasteiger partial charge in [-0.25, -0.2) is 0 Å². The zero-order valence-electron chi connectivity index (χ0n) is 27.6. The van der Waals surface area contributed by atoms with Gasteiger partial charge in [0.1, 0.15) is 22.7 Å². The Labute approximate surface area is 295 Å². The van der Waals surface area contributed by atoms with Crippen LogP contribution in [0, 0.1) is 0 Å². The molecule has 1 aromatic heterocycles. The van der Waals surface area contributed by atoms with Crippen LogP contribution in [0.15, 0.2) is 186 Å². The molecule has 1 aliphatic heterocycles. The van der Waals surface area contributed by atoms with Crippen molar-refractivity contribution in [2.24, 2.45) is 0 Å². The van der Waals surface area contributed by atoms with Gasteiger partial charge in [-0.2, -0.15) is 0 Å². The van der Waals surface area contributed by atoms with Gasteiger partial charge in [-0.15, -0.1) is 0 Å². The number of fused-ring (bicyclic) bond motifs is 12. The fourth-order valence-electron chi connectivity index (χ4n) is 8.78. The van der Waals surface area contributed by atoms with Gasteiger partial charge in [0.25, 0.3) is 0 Å². The number of furan rings is 1. The summed E-state index contributed by atoms with van der Waals surface area (Å²) in [6, 6.07) is 65.3. The van der Waals surface area contributed by atoms with Gasteiger partial charge in [-0.05, 0) is 86.0 Å². The standard InChI is InChI=1S/C49H30O2/c1-4-17-40-37(13-1)38-14-2-5-18-41(38)49(40)42-19-6-8-21-45(42)51-47-30-35(27-28-43(47)49)34-12-9-11-33(29-34)31-23-25-32(26-24-31)36-16-10-22-46-48(36)39-15-3-7-20-44(39)50-46/h1-30H. The van der Waals surface area contributed by atoms with Crippen molar-refractivity contribution in [2.75, 3.05) is 0 Å². The lowest BCUT2D eigenvalue weighted by molar-refractivity contribution is 0.436. The number of benzene rings is 8. The average Bonchev–Trinajstić information content (AvgIpc) is 3.72. The third-order valence-electron chi connectivity index (χ3n) is 11.0. The quantitative estimate of drug-likeness (QED) is 0.190. The Kier molecular flexibility index (Phi) is 5.91. The summed E-state index contributed by atoms with van der Waals surface area (Å²) in [6.45, 7) is 0. The maximum absolute atomic E-state index is 6.77. The van der Waals surface area contributed by atoms with Crippen molar-refractivity contribution in [3.05, 3.63) is 204 Å². The maximum atomic E-state index is 6.77. The van der Waals surface area contributed by atoms with Crippen molar-refractivity contribution in [2.45, 2.75) is 5.41 Å². The SMILES string of the molecule is c1cc(-c2ccc(-c3cccc4oc5ccccc5c34)cc2)cc(-c2ccc3c(c2)Oc2ccccc2C32c3ccccc3-c3ccccc32)c1. The summed E-state index contributed by atoms with van der Waals surface area (Å²) in [5.74, 6) is 1.80. The van der Waals surface area contributed by atoms with E-state index in [0.29, 0.717) is 0 Å². The van der Waals surface area contributed by atoms with Gasteiger partial charge in [0.05, 0.1) is 5.41 Å². The molecule has 0 saturated heterocycles. The Morgan fingerprint density at radius 1 is 0.333 bits per heavy atom. The molecule has 11 rings (SSSR count). The first-order chi connectivity index (χ1) is 25.3. The lowest BCUT2D eigenvalue weighted by Crippen LogP contribution is -2.32. The summed E-state index contributed by atoms with van der Waals surface area (Å²) >= 11 is 0. The molecule has 0 bridgehead atoms. The number of rotatable bonds is 3. The molecule has 2 heteroatoms. The number of hydrogen-bond acceptors (Lipinski definition) is 2. The number of hydrogen-bond donors (Lipinski definition) is 0. The molecule has 2 aliphatic rings. The van der Waals surface area contributed by atoms with Crippen LogP contribution in [0.1, 0.15) is 22.3 Å². The summed E-state index contributed by atoms with van der Waals surface area (Å²) < 4.78 is 12.9. The van der Waals surface area contributed by atoms with Crippen LogP contribution in [0.4, 0.5) is 0 Å². The van der Waals surface area contributed by atoms with Crippen LogP contribution in [-0.4, -0.2) is 0 Å². The average molecular weight is 651 g/mol. The first-order valence-electron chi connectivity index (χ1n) is 17.5. The molecule has 0 radical (unpaired) electrons. The monoisotopic (exact) mass is 650 g/mol. The zero-order valence-corrected chi connectivity index (χ0v) is 27.6. The Balaban J connectivity index is 1.000. The van der Waals surface area contributed by atoms with Crippen LogP contribution in [0.3, 0.4) is 0 Å². The molecule has 8 aromatic carbocycles. The maximum Gasteiger partial charge on any atom is 0.136 e. The largest absolute Gasteiger partial charge is 0.457 e. The Morgan fingerprint density at radius 3 is 1.69 bits per heavy atom. The van der Waals surface area contributed by atoms with E-state index in [1.165, 1.54) is 55.6 Å². The highest BCUT2D eigenvalue weighted by Crippen LogP contribution is 2.62. The predicted octanol–water partition coefficient (Wildman–Crippen LogP) is 13.1. The normalized spacial score (nSPS) is 13.4. The second-order valence-electron chi connectivity index (χ2n) is 13.6. The second kappa shape index (κ2) is 10.7. The topological polar surface area (TPSA) is 22.4 Å². The molecule has 0 unspecified atom stereocenters. The van der Waals surface area contributed by atoms with Crippen LogP contribution in [0.25, 0.3) is 66.4 Å². The lowest BCUT2D eigenvalue weighted by atomic mass is 9.66. The predicted molar refractivity (Wildman–Crippen MR) is 207 cm³/mol. The highest BCUT2D eigenvalue weighted by atomic mass is 16.5. The van der Waals surface area contributed by atoms with Crippen molar-refractivity contribution >= 4 is 21.9 Å². The molecule has 0 amide bonds. The Morgan fingerprint density at radius 2 is 0.882 bits per heavy atom. The molecule has 0 fully saturated rings. The second-order valence-corrected chi connectivity index (χ2v) is 13.6. The lowest BCUT2D eigenvalue weighted by Gasteiger charge is -2.39. The minimum Gasteiger partial charge on any atom is -0.457 e. The van der Waals surface area contributed by atoms with Crippen LogP contribution in [0.5, 0.6) is 11.5 Å². The van der Waals surface area contributed by atoms with Crippen LogP contribution in [-0.2, 0) is 5.41 Å². The van der Waals surface area contributed by atoms with E-state index in [2.05, 4.69) is 170 Å². The van der Waals surface area contributed by atoms with Gasteiger partial charge < -0.3 is 9.15 Å². The molecule has 51 heavy (non-hydrogen) atoms. The Bertz CT molecular complexity index is 2790. The van der Waals surface area contributed by atoms with E-state index in [4.69, 9.17) is 9.15 Å². The Hall–Kier alpha value is -6.64. The van der Waals surface area contributed by atoms with Gasteiger partial charge in [0.2, 0.25) is 0 Å². The summed E-state index contributed by atoms with van der Waals surface area (Å²) in [5.41, 5.74) is 15.9. The molecule has 2 heterocycles. The first kappa shape index (κ1) is 28.2. The molecule has 0 N–H and O–H groups in total. The fourth-order valence-corrected chi connectivity index (χ4v) is 8.78. The van der Waals surface area contributed by atoms with Crippen LogP contribution >= 0.6 is 0 Å². The molecule has 238 valence electrons. The van der Waals surface area contributed by atoms with E-state index in [-0.39, 0.29) is 0 Å². The van der Waals surface area contributed by atoms with Crippen LogP contribution < -0.4 is 4.74 Å². The summed E-state index contributed by atoms with van der Waals surface area (Å²) in [6.07, 6.45) is 0. The minimum absolute atomic E-state index is 0.452. The highest BCUT2D eigenvalue weighted by Gasteiger charge is 2.50. The van der Waals surface area contributed by atoms with E-state index in [1.807, 2.05) is 12.1 Å². The number of ether oxygens (including phenoxy) is 1. The van der Waals surface area contributed by atoms with Gasteiger partial charge in [-0.1, -0.05) is 152 Å². The third-order valence-corrected chi connectivity index (χ3v) is 11.0. The fraction of sp³-hybridized carbons (Fsp3) is 0.0204. The van der Waals surface area contributed by atoms with E-state index in [9.17, 15) is 0 Å². The van der Waals surface area contributed by atoms with Crippen molar-refractivity contribution in [1.82, 2.24) is 0 Å². The smallest absolute Gasteiger partial charge is 0.136 e. The van der Waals surface area contributed by atoms with Gasteiger partial charge in [0.15, 0.2) is 0 Å². The van der Waals surface area contributed by atoms with Gasteiger partial charge >= 0.3 is 0 Å². The number of para-hydroxylation sites is 2. The summed E-state index contributed by atoms with van der Waals surface area (Å²) in [5, 5.41) is 2.30. The van der Waals surface area contributed by atoms with Gasteiger partial charge in [-0.3, -0.25) is 0 Å².